The lowest BCUT2D eigenvalue weighted by molar-refractivity contribution is -0.154. The van der Waals surface area contributed by atoms with E-state index in [4.69, 9.17) is 4.74 Å². The molecule has 0 aromatic heterocycles. The molecule has 2 aliphatic rings. The molecule has 1 aliphatic heterocycles. The number of ether oxygens (including phenoxy) is 1. The smallest absolute Gasteiger partial charge is 0.326 e. The van der Waals surface area contributed by atoms with Crippen molar-refractivity contribution in [3.63, 3.8) is 0 Å². The van der Waals surface area contributed by atoms with Gasteiger partial charge < -0.3 is 10.1 Å². The first kappa shape index (κ1) is 19.0. The van der Waals surface area contributed by atoms with E-state index in [0.717, 1.165) is 17.7 Å². The molecule has 8 heteroatoms. The predicted octanol–water partition coefficient (Wildman–Crippen LogP) is 1.16. The van der Waals surface area contributed by atoms with Crippen molar-refractivity contribution in [1.82, 2.24) is 10.2 Å². The second kappa shape index (κ2) is 8.28. The molecule has 1 saturated heterocycles. The van der Waals surface area contributed by atoms with Gasteiger partial charge in [0, 0.05) is 6.54 Å². The summed E-state index contributed by atoms with van der Waals surface area (Å²) in [5.41, 5.74) is 0.701. The van der Waals surface area contributed by atoms with Crippen molar-refractivity contribution in [2.24, 2.45) is 11.8 Å². The van der Waals surface area contributed by atoms with Gasteiger partial charge in [0.05, 0.1) is 11.8 Å². The summed E-state index contributed by atoms with van der Waals surface area (Å²) in [5, 5.41) is 2.54. The van der Waals surface area contributed by atoms with Crippen LogP contribution < -0.4 is 5.32 Å². The molecule has 3 rings (SSSR count). The van der Waals surface area contributed by atoms with Crippen molar-refractivity contribution in [2.45, 2.75) is 32.2 Å². The lowest BCUT2D eigenvalue weighted by Gasteiger charge is -2.19. The molecule has 2 atom stereocenters. The first-order valence-electron chi connectivity index (χ1n) is 8.97. The van der Waals surface area contributed by atoms with E-state index in [9.17, 15) is 23.6 Å². The molecule has 1 aliphatic carbocycles. The topological polar surface area (TPSA) is 92.8 Å². The maximum atomic E-state index is 12.8. The van der Waals surface area contributed by atoms with Gasteiger partial charge in [-0.05, 0) is 30.5 Å². The maximum absolute atomic E-state index is 12.8. The zero-order valence-electron chi connectivity index (χ0n) is 14.8. The van der Waals surface area contributed by atoms with Gasteiger partial charge in [-0.25, -0.2) is 4.39 Å². The second-order valence-electron chi connectivity index (χ2n) is 6.82. The summed E-state index contributed by atoms with van der Waals surface area (Å²) in [6.07, 6.45) is 3.17. The molecule has 0 bridgehead atoms. The highest BCUT2D eigenvalue weighted by Crippen LogP contribution is 2.37. The van der Waals surface area contributed by atoms with Crippen LogP contribution in [0.2, 0.25) is 0 Å². The van der Waals surface area contributed by atoms with Crippen LogP contribution in [0.5, 0.6) is 0 Å². The van der Waals surface area contributed by atoms with Crippen molar-refractivity contribution in [2.75, 3.05) is 13.2 Å². The molecule has 7 nitrogen and oxygen atoms in total. The van der Waals surface area contributed by atoms with Gasteiger partial charge >= 0.3 is 5.97 Å². The molecule has 2 fully saturated rings. The number of nitrogens with zero attached hydrogens (tertiary/aromatic N) is 1. The molecule has 0 spiro atoms. The summed E-state index contributed by atoms with van der Waals surface area (Å²) in [5.74, 6) is -2.97. The number of likely N-dealkylation sites (tertiary alicyclic amines) is 1. The molecule has 1 N–H and O–H groups in total. The van der Waals surface area contributed by atoms with E-state index in [1.165, 1.54) is 24.3 Å². The SMILES string of the molecule is O=C(COC(=O)CN1C(=O)[C@@H]2CCCC[C@H]2C1=O)NCc1ccc(F)cc1. The number of carbonyl (C=O) groups excluding carboxylic acids is 4. The van der Waals surface area contributed by atoms with Gasteiger partial charge in [-0.15, -0.1) is 0 Å². The van der Waals surface area contributed by atoms with Crippen molar-refractivity contribution < 1.29 is 28.3 Å². The van der Waals surface area contributed by atoms with Crippen LogP contribution in [0.3, 0.4) is 0 Å². The van der Waals surface area contributed by atoms with Gasteiger partial charge in [0.1, 0.15) is 12.4 Å². The number of halogens is 1. The predicted molar refractivity (Wildman–Crippen MR) is 91.4 cm³/mol. The number of imide groups is 1. The average molecular weight is 376 g/mol. The van der Waals surface area contributed by atoms with Crippen molar-refractivity contribution in [1.29, 1.82) is 0 Å². The monoisotopic (exact) mass is 376 g/mol. The van der Waals surface area contributed by atoms with E-state index < -0.39 is 25.0 Å². The highest BCUT2D eigenvalue weighted by atomic mass is 19.1. The molecule has 3 amide bonds. The van der Waals surface area contributed by atoms with Gasteiger partial charge in [-0.2, -0.15) is 0 Å². The second-order valence-corrected chi connectivity index (χ2v) is 6.82. The number of hydrogen-bond acceptors (Lipinski definition) is 5. The van der Waals surface area contributed by atoms with Crippen molar-refractivity contribution >= 4 is 23.7 Å². The Morgan fingerprint density at radius 1 is 1.07 bits per heavy atom. The summed E-state index contributed by atoms with van der Waals surface area (Å²) in [4.78, 5) is 49.2. The zero-order valence-corrected chi connectivity index (χ0v) is 14.8. The number of rotatable bonds is 6. The van der Waals surface area contributed by atoms with E-state index in [-0.39, 0.29) is 36.0 Å². The third-order valence-electron chi connectivity index (χ3n) is 4.99. The van der Waals surface area contributed by atoms with Crippen LogP contribution in [-0.4, -0.2) is 41.7 Å². The van der Waals surface area contributed by atoms with Crippen LogP contribution >= 0.6 is 0 Å². The number of benzene rings is 1. The van der Waals surface area contributed by atoms with Crippen LogP contribution in [0.4, 0.5) is 4.39 Å². The summed E-state index contributed by atoms with van der Waals surface area (Å²) >= 11 is 0. The fourth-order valence-electron chi connectivity index (χ4n) is 3.56. The fourth-order valence-corrected chi connectivity index (χ4v) is 3.56. The molecule has 27 heavy (non-hydrogen) atoms. The van der Waals surface area contributed by atoms with Crippen molar-refractivity contribution in [3.8, 4) is 0 Å². The minimum atomic E-state index is -0.799. The number of hydrogen-bond donors (Lipinski definition) is 1. The molecule has 144 valence electrons. The molecular weight excluding hydrogens is 355 g/mol. The number of esters is 1. The summed E-state index contributed by atoms with van der Waals surface area (Å²) < 4.78 is 17.7. The van der Waals surface area contributed by atoms with Crippen LogP contribution in [0.25, 0.3) is 0 Å². The largest absolute Gasteiger partial charge is 0.454 e. The molecule has 1 aromatic rings. The maximum Gasteiger partial charge on any atom is 0.326 e. The normalized spacial score (nSPS) is 21.7. The third-order valence-corrected chi connectivity index (χ3v) is 4.99. The Morgan fingerprint density at radius 3 is 2.26 bits per heavy atom. The Hall–Kier alpha value is -2.77. The Labute approximate surface area is 155 Å². The molecular formula is C19H21FN2O5. The van der Waals surface area contributed by atoms with Gasteiger partial charge in [0.2, 0.25) is 11.8 Å². The van der Waals surface area contributed by atoms with Gasteiger partial charge in [-0.1, -0.05) is 25.0 Å². The Kier molecular flexibility index (Phi) is 5.83. The van der Waals surface area contributed by atoms with E-state index >= 15 is 0 Å². The number of fused-ring (bicyclic) bond motifs is 1. The highest BCUT2D eigenvalue weighted by molar-refractivity contribution is 6.07. The molecule has 0 unspecified atom stereocenters. The Balaban J connectivity index is 1.42. The number of amides is 3. The standard InChI is InChI=1S/C19H21FN2O5/c20-13-7-5-12(6-8-13)9-21-16(23)11-27-17(24)10-22-18(25)14-3-1-2-4-15(14)19(22)26/h5-8,14-15H,1-4,9-11H2,(H,21,23)/t14-,15-/m1/s1. The van der Waals surface area contributed by atoms with Crippen LogP contribution in [0, 0.1) is 17.7 Å². The molecule has 0 radical (unpaired) electrons. The van der Waals surface area contributed by atoms with E-state index in [1.807, 2.05) is 0 Å². The number of nitrogens with one attached hydrogen (secondary N) is 1. The van der Waals surface area contributed by atoms with Crippen LogP contribution in [-0.2, 0) is 30.5 Å². The molecule has 1 heterocycles. The summed E-state index contributed by atoms with van der Waals surface area (Å²) in [7, 11) is 0. The summed E-state index contributed by atoms with van der Waals surface area (Å²) in [6, 6.07) is 5.63. The van der Waals surface area contributed by atoms with E-state index in [2.05, 4.69) is 5.32 Å². The van der Waals surface area contributed by atoms with Crippen LogP contribution in [0.1, 0.15) is 31.2 Å². The quantitative estimate of drug-likeness (QED) is 0.594. The van der Waals surface area contributed by atoms with Crippen molar-refractivity contribution in [3.05, 3.63) is 35.6 Å². The van der Waals surface area contributed by atoms with Gasteiger partial charge in [0.25, 0.3) is 5.91 Å². The van der Waals surface area contributed by atoms with E-state index in [1.54, 1.807) is 0 Å². The minimum Gasteiger partial charge on any atom is -0.454 e. The zero-order chi connectivity index (χ0) is 19.4. The Morgan fingerprint density at radius 2 is 1.67 bits per heavy atom. The average Bonchev–Trinajstić information content (AvgIpc) is 2.91. The molecule has 1 saturated carbocycles. The first-order chi connectivity index (χ1) is 13.0. The minimum absolute atomic E-state index is 0.170. The number of carbonyl (C=O) groups is 4. The summed E-state index contributed by atoms with van der Waals surface area (Å²) in [6.45, 7) is -0.803. The third kappa shape index (κ3) is 4.50. The fraction of sp³-hybridized carbons (Fsp3) is 0.474. The lowest BCUT2D eigenvalue weighted by Crippen LogP contribution is -2.38. The van der Waals surface area contributed by atoms with Gasteiger partial charge in [0.15, 0.2) is 6.61 Å². The van der Waals surface area contributed by atoms with E-state index in [0.29, 0.717) is 18.4 Å². The van der Waals surface area contributed by atoms with Gasteiger partial charge in [-0.3, -0.25) is 24.1 Å². The lowest BCUT2D eigenvalue weighted by atomic mass is 9.81. The first-order valence-corrected chi connectivity index (χ1v) is 8.97. The van der Waals surface area contributed by atoms with Crippen LogP contribution in [0.15, 0.2) is 24.3 Å². The highest BCUT2D eigenvalue weighted by Gasteiger charge is 2.48. The molecule has 1 aromatic carbocycles. The Bertz CT molecular complexity index is 725.